The van der Waals surface area contributed by atoms with Crippen molar-refractivity contribution in [1.29, 1.82) is 0 Å². The van der Waals surface area contributed by atoms with Gasteiger partial charge in [0.2, 0.25) is 5.91 Å². The van der Waals surface area contributed by atoms with Crippen LogP contribution in [0.3, 0.4) is 0 Å². The van der Waals surface area contributed by atoms with Gasteiger partial charge in [-0.15, -0.1) is 23.4 Å². The van der Waals surface area contributed by atoms with Crippen LogP contribution in [0.2, 0.25) is 0 Å². The van der Waals surface area contributed by atoms with Crippen molar-refractivity contribution in [3.8, 4) is 11.5 Å². The molecule has 2 heterocycles. The van der Waals surface area contributed by atoms with Gasteiger partial charge in [0.15, 0.2) is 0 Å². The Kier molecular flexibility index (Phi) is 6.58. The molecule has 2 fully saturated rings. The van der Waals surface area contributed by atoms with E-state index >= 15 is 0 Å². The number of likely N-dealkylation sites (tertiary alicyclic amines) is 1. The van der Waals surface area contributed by atoms with E-state index in [4.69, 9.17) is 21.1 Å². The maximum absolute atomic E-state index is 13.4. The standard InChI is InChI=1S/C21H29ClN2O4S/c1-20(2,14-22)19(26)23-7-5-21(6-8-23)24(9-10-29-21)18(25)15-11-16(27-3)13-17(12-15)28-4/h11-13H,5-10,14H2,1-4H3. The zero-order valence-corrected chi connectivity index (χ0v) is 19.1. The number of nitrogens with zero attached hydrogens (tertiary/aromatic N) is 2. The van der Waals surface area contributed by atoms with Crippen molar-refractivity contribution in [3.05, 3.63) is 23.8 Å². The Labute approximate surface area is 181 Å². The fourth-order valence-corrected chi connectivity index (χ4v) is 5.51. The first-order valence-corrected chi connectivity index (χ1v) is 11.3. The summed E-state index contributed by atoms with van der Waals surface area (Å²) in [5, 5.41) is 0. The molecule has 0 unspecified atom stereocenters. The molecule has 2 amide bonds. The van der Waals surface area contributed by atoms with E-state index in [1.54, 1.807) is 32.4 Å². The minimum atomic E-state index is -0.568. The van der Waals surface area contributed by atoms with Gasteiger partial charge in [-0.05, 0) is 38.8 Å². The lowest BCUT2D eigenvalue weighted by Gasteiger charge is -2.45. The molecule has 160 valence electrons. The summed E-state index contributed by atoms with van der Waals surface area (Å²) < 4.78 is 10.6. The molecule has 6 nitrogen and oxygen atoms in total. The smallest absolute Gasteiger partial charge is 0.255 e. The van der Waals surface area contributed by atoms with E-state index in [9.17, 15) is 9.59 Å². The summed E-state index contributed by atoms with van der Waals surface area (Å²) in [7, 11) is 3.15. The molecule has 2 saturated heterocycles. The minimum Gasteiger partial charge on any atom is -0.497 e. The highest BCUT2D eigenvalue weighted by molar-refractivity contribution is 8.00. The van der Waals surface area contributed by atoms with E-state index in [0.717, 1.165) is 18.6 Å². The van der Waals surface area contributed by atoms with Crippen molar-refractivity contribution in [1.82, 2.24) is 9.80 Å². The van der Waals surface area contributed by atoms with Gasteiger partial charge >= 0.3 is 0 Å². The quantitative estimate of drug-likeness (QED) is 0.656. The molecular formula is C21H29ClN2O4S. The fourth-order valence-electron chi connectivity index (χ4n) is 3.94. The molecule has 2 aliphatic rings. The molecule has 0 saturated carbocycles. The van der Waals surface area contributed by atoms with Crippen LogP contribution in [0.1, 0.15) is 37.0 Å². The number of carbonyl (C=O) groups excluding carboxylic acids is 2. The van der Waals surface area contributed by atoms with E-state index in [1.807, 2.05) is 35.4 Å². The highest BCUT2D eigenvalue weighted by Crippen LogP contribution is 2.45. The average molecular weight is 441 g/mol. The summed E-state index contributed by atoms with van der Waals surface area (Å²) in [6.45, 7) is 5.73. The third kappa shape index (κ3) is 4.31. The Balaban J connectivity index is 1.77. The topological polar surface area (TPSA) is 59.1 Å². The van der Waals surface area contributed by atoms with Crippen LogP contribution in [-0.2, 0) is 4.79 Å². The van der Waals surface area contributed by atoms with Gasteiger partial charge in [-0.2, -0.15) is 0 Å². The Morgan fingerprint density at radius 2 is 1.69 bits per heavy atom. The summed E-state index contributed by atoms with van der Waals surface area (Å²) in [6, 6.07) is 5.26. The second-order valence-corrected chi connectivity index (χ2v) is 9.89. The number of ether oxygens (including phenoxy) is 2. The lowest BCUT2D eigenvalue weighted by Crippen LogP contribution is -2.55. The number of carbonyl (C=O) groups is 2. The number of hydrogen-bond donors (Lipinski definition) is 0. The monoisotopic (exact) mass is 440 g/mol. The average Bonchev–Trinajstić information content (AvgIpc) is 3.15. The second-order valence-electron chi connectivity index (χ2n) is 8.16. The van der Waals surface area contributed by atoms with Crippen LogP contribution in [0.5, 0.6) is 11.5 Å². The molecule has 1 spiro atoms. The van der Waals surface area contributed by atoms with Crippen LogP contribution < -0.4 is 9.47 Å². The van der Waals surface area contributed by atoms with E-state index in [1.165, 1.54) is 0 Å². The van der Waals surface area contributed by atoms with E-state index in [2.05, 4.69) is 0 Å². The van der Waals surface area contributed by atoms with Crippen molar-refractivity contribution in [2.45, 2.75) is 31.6 Å². The Bertz CT molecular complexity index is 756. The van der Waals surface area contributed by atoms with Crippen LogP contribution in [0.15, 0.2) is 18.2 Å². The maximum Gasteiger partial charge on any atom is 0.255 e. The Morgan fingerprint density at radius 3 is 2.21 bits per heavy atom. The molecule has 2 aliphatic heterocycles. The van der Waals surface area contributed by atoms with Crippen molar-refractivity contribution in [3.63, 3.8) is 0 Å². The van der Waals surface area contributed by atoms with Crippen molar-refractivity contribution in [2.24, 2.45) is 5.41 Å². The van der Waals surface area contributed by atoms with Crippen LogP contribution >= 0.6 is 23.4 Å². The molecule has 29 heavy (non-hydrogen) atoms. The summed E-state index contributed by atoms with van der Waals surface area (Å²) >= 11 is 7.81. The number of piperidine rings is 1. The number of alkyl halides is 1. The Hall–Kier alpha value is -1.60. The van der Waals surface area contributed by atoms with Crippen LogP contribution in [-0.4, -0.2) is 72.0 Å². The molecular weight excluding hydrogens is 412 g/mol. The van der Waals surface area contributed by atoms with Crippen LogP contribution in [0.4, 0.5) is 0 Å². The molecule has 0 atom stereocenters. The van der Waals surface area contributed by atoms with Gasteiger partial charge in [0.25, 0.3) is 5.91 Å². The largest absolute Gasteiger partial charge is 0.497 e. The van der Waals surface area contributed by atoms with Gasteiger partial charge in [0.05, 0.1) is 24.5 Å². The van der Waals surface area contributed by atoms with Crippen molar-refractivity contribution < 1.29 is 19.1 Å². The zero-order chi connectivity index (χ0) is 21.2. The normalized spacial score (nSPS) is 18.8. The zero-order valence-electron chi connectivity index (χ0n) is 17.5. The van der Waals surface area contributed by atoms with Gasteiger partial charge in [0, 0.05) is 42.9 Å². The molecule has 0 bridgehead atoms. The predicted octanol–water partition coefficient (Wildman–Crippen LogP) is 3.48. The number of halogens is 1. The maximum atomic E-state index is 13.4. The number of benzene rings is 1. The molecule has 0 radical (unpaired) electrons. The number of methoxy groups -OCH3 is 2. The van der Waals surface area contributed by atoms with Crippen LogP contribution in [0, 0.1) is 5.41 Å². The third-order valence-corrected chi connectivity index (χ3v) is 7.99. The number of rotatable bonds is 5. The number of thioether (sulfide) groups is 1. The van der Waals surface area contributed by atoms with E-state index in [0.29, 0.717) is 42.6 Å². The molecule has 1 aromatic carbocycles. The first-order valence-electron chi connectivity index (χ1n) is 9.81. The lowest BCUT2D eigenvalue weighted by molar-refractivity contribution is -0.140. The lowest BCUT2D eigenvalue weighted by atomic mass is 9.92. The van der Waals surface area contributed by atoms with Crippen molar-refractivity contribution in [2.75, 3.05) is 45.5 Å². The highest BCUT2D eigenvalue weighted by Gasteiger charge is 2.48. The predicted molar refractivity (Wildman–Crippen MR) is 116 cm³/mol. The van der Waals surface area contributed by atoms with Gasteiger partial charge in [-0.25, -0.2) is 0 Å². The van der Waals surface area contributed by atoms with Gasteiger partial charge in [-0.3, -0.25) is 9.59 Å². The molecule has 0 aliphatic carbocycles. The second kappa shape index (κ2) is 8.64. The van der Waals surface area contributed by atoms with Crippen molar-refractivity contribution >= 4 is 35.2 Å². The molecule has 3 rings (SSSR count). The van der Waals surface area contributed by atoms with Gasteiger partial charge < -0.3 is 19.3 Å². The molecule has 1 aromatic rings. The van der Waals surface area contributed by atoms with Crippen LogP contribution in [0.25, 0.3) is 0 Å². The molecule has 8 heteroatoms. The summed E-state index contributed by atoms with van der Waals surface area (Å²) in [5.74, 6) is 2.45. The van der Waals surface area contributed by atoms with E-state index < -0.39 is 5.41 Å². The first-order chi connectivity index (χ1) is 13.8. The SMILES string of the molecule is COc1cc(OC)cc(C(=O)N2CCSC23CCN(C(=O)C(C)(C)CCl)CC3)c1. The summed E-state index contributed by atoms with van der Waals surface area (Å²) in [6.07, 6.45) is 1.52. The third-order valence-electron chi connectivity index (χ3n) is 5.77. The summed E-state index contributed by atoms with van der Waals surface area (Å²) in [4.78, 5) is 29.7. The molecule has 0 aromatic heterocycles. The Morgan fingerprint density at radius 1 is 1.10 bits per heavy atom. The van der Waals surface area contributed by atoms with E-state index in [-0.39, 0.29) is 16.7 Å². The fraction of sp³-hybridized carbons (Fsp3) is 0.619. The highest BCUT2D eigenvalue weighted by atomic mass is 35.5. The van der Waals surface area contributed by atoms with Gasteiger partial charge in [0.1, 0.15) is 11.5 Å². The number of hydrogen-bond acceptors (Lipinski definition) is 5. The molecule has 0 N–H and O–H groups in total. The van der Waals surface area contributed by atoms with Gasteiger partial charge in [-0.1, -0.05) is 0 Å². The summed E-state index contributed by atoms with van der Waals surface area (Å²) in [5.41, 5.74) is -0.00788. The number of amides is 2. The first kappa shape index (κ1) is 22.1. The minimum absolute atomic E-state index is 0.0203.